The predicted octanol–water partition coefficient (Wildman–Crippen LogP) is 4.94. The summed E-state index contributed by atoms with van der Waals surface area (Å²) in [7, 11) is 0. The third-order valence-corrected chi connectivity index (χ3v) is 3.74. The predicted molar refractivity (Wildman–Crippen MR) is 93.3 cm³/mol. The van der Waals surface area contributed by atoms with Gasteiger partial charge in [-0.3, -0.25) is 4.79 Å². The van der Waals surface area contributed by atoms with Crippen LogP contribution in [0.3, 0.4) is 0 Å². The molecule has 0 unspecified atom stereocenters. The maximum atomic E-state index is 14.7. The van der Waals surface area contributed by atoms with E-state index in [1.165, 1.54) is 0 Å². The highest BCUT2D eigenvalue weighted by atomic mass is 19.1. The first-order valence-electron chi connectivity index (χ1n) is 7.99. The molecule has 0 spiro atoms. The Balaban J connectivity index is 1.84. The summed E-state index contributed by atoms with van der Waals surface area (Å²) in [4.78, 5) is 11.2. The van der Waals surface area contributed by atoms with Crippen molar-refractivity contribution < 1.29 is 23.0 Å². The smallest absolute Gasteiger partial charge is 0.210 e. The fourth-order valence-electron chi connectivity index (χ4n) is 2.43. The third kappa shape index (κ3) is 4.06. The first-order valence-corrected chi connectivity index (χ1v) is 7.99. The summed E-state index contributed by atoms with van der Waals surface area (Å²) in [6.45, 7) is 0.0373. The van der Waals surface area contributed by atoms with Crippen LogP contribution < -0.4 is 9.47 Å². The molecule has 3 rings (SSSR count). The van der Waals surface area contributed by atoms with Crippen LogP contribution in [0.15, 0.2) is 66.7 Å². The Labute approximate surface area is 149 Å². The first-order chi connectivity index (χ1) is 12.7. The number of carbonyl (C=O) groups is 1. The summed E-state index contributed by atoms with van der Waals surface area (Å²) in [6.07, 6.45) is 0.355. The summed E-state index contributed by atoms with van der Waals surface area (Å²) in [6, 6.07) is 19.0. The molecule has 26 heavy (non-hydrogen) atoms. The number of aldehydes is 1. The van der Waals surface area contributed by atoms with Gasteiger partial charge in [-0.2, -0.15) is 4.39 Å². The Morgan fingerprint density at radius 1 is 0.769 bits per heavy atom. The van der Waals surface area contributed by atoms with Gasteiger partial charge in [0, 0.05) is 0 Å². The summed E-state index contributed by atoms with van der Waals surface area (Å²) in [5.41, 5.74) is 1.35. The molecule has 0 radical (unpaired) electrons. The zero-order chi connectivity index (χ0) is 18.4. The molecule has 132 valence electrons. The van der Waals surface area contributed by atoms with Crippen molar-refractivity contribution in [2.45, 2.75) is 13.2 Å². The van der Waals surface area contributed by atoms with Crippen molar-refractivity contribution in [3.63, 3.8) is 0 Å². The fourth-order valence-corrected chi connectivity index (χ4v) is 2.43. The van der Waals surface area contributed by atoms with Crippen LogP contribution in [0.5, 0.6) is 11.5 Å². The van der Waals surface area contributed by atoms with Gasteiger partial charge in [0.25, 0.3) is 0 Å². The molecular formula is C21H16F2O3. The van der Waals surface area contributed by atoms with Crippen LogP contribution in [0, 0.1) is 11.6 Å². The fraction of sp³-hybridized carbons (Fsp3) is 0.0952. The second-order valence-corrected chi connectivity index (χ2v) is 5.59. The van der Waals surface area contributed by atoms with Crippen LogP contribution in [0.2, 0.25) is 0 Å². The molecule has 0 aromatic heterocycles. The lowest BCUT2D eigenvalue weighted by atomic mass is 10.1. The normalized spacial score (nSPS) is 10.4. The van der Waals surface area contributed by atoms with Gasteiger partial charge >= 0.3 is 0 Å². The number of benzene rings is 3. The lowest BCUT2D eigenvalue weighted by Gasteiger charge is -2.14. The summed E-state index contributed by atoms with van der Waals surface area (Å²) in [5, 5.41) is 0. The van der Waals surface area contributed by atoms with E-state index in [2.05, 4.69) is 0 Å². The lowest BCUT2D eigenvalue weighted by molar-refractivity contribution is 0.111. The molecule has 0 fully saturated rings. The second-order valence-electron chi connectivity index (χ2n) is 5.59. The molecule has 0 N–H and O–H groups in total. The van der Waals surface area contributed by atoms with Gasteiger partial charge in [-0.1, -0.05) is 60.7 Å². The van der Waals surface area contributed by atoms with Gasteiger partial charge in [0.15, 0.2) is 23.6 Å². The summed E-state index contributed by atoms with van der Waals surface area (Å²) >= 11 is 0. The van der Waals surface area contributed by atoms with E-state index in [4.69, 9.17) is 9.47 Å². The van der Waals surface area contributed by atoms with Gasteiger partial charge < -0.3 is 9.47 Å². The number of halogens is 2. The van der Waals surface area contributed by atoms with Crippen molar-refractivity contribution in [1.82, 2.24) is 0 Å². The van der Waals surface area contributed by atoms with E-state index in [0.717, 1.165) is 17.2 Å². The SMILES string of the molecule is O=Cc1cc(F)c(OCc2ccccc2)c(F)c1OCc1ccccc1. The van der Waals surface area contributed by atoms with E-state index >= 15 is 0 Å². The average Bonchev–Trinajstić information content (AvgIpc) is 2.68. The maximum Gasteiger partial charge on any atom is 0.210 e. The average molecular weight is 354 g/mol. The number of rotatable bonds is 7. The van der Waals surface area contributed by atoms with Crippen LogP contribution in [0.1, 0.15) is 21.5 Å². The quantitative estimate of drug-likeness (QED) is 0.564. The molecule has 3 aromatic rings. The molecular weight excluding hydrogens is 338 g/mol. The van der Waals surface area contributed by atoms with E-state index in [9.17, 15) is 13.6 Å². The van der Waals surface area contributed by atoms with Crippen molar-refractivity contribution in [1.29, 1.82) is 0 Å². The summed E-state index contributed by atoms with van der Waals surface area (Å²) in [5.74, 6) is -2.87. The highest BCUT2D eigenvalue weighted by molar-refractivity contribution is 5.80. The molecule has 0 aliphatic carbocycles. The van der Waals surface area contributed by atoms with E-state index in [0.29, 0.717) is 6.29 Å². The van der Waals surface area contributed by atoms with Gasteiger partial charge in [-0.25, -0.2) is 4.39 Å². The van der Waals surface area contributed by atoms with Crippen molar-refractivity contribution in [2.24, 2.45) is 0 Å². The van der Waals surface area contributed by atoms with Gasteiger partial charge in [-0.05, 0) is 17.2 Å². The minimum Gasteiger partial charge on any atom is -0.485 e. The number of carbonyl (C=O) groups excluding carboxylic acids is 1. The lowest BCUT2D eigenvalue weighted by Crippen LogP contribution is -2.06. The standard InChI is InChI=1S/C21H16F2O3/c22-18-11-17(12-24)20(25-13-15-7-3-1-4-8-15)19(23)21(18)26-14-16-9-5-2-6-10-16/h1-12H,13-14H2. The van der Waals surface area contributed by atoms with Crippen LogP contribution in [0.4, 0.5) is 8.78 Å². The van der Waals surface area contributed by atoms with Crippen molar-refractivity contribution >= 4 is 6.29 Å². The van der Waals surface area contributed by atoms with Gasteiger partial charge in [0.05, 0.1) is 5.56 Å². The van der Waals surface area contributed by atoms with E-state index in [-0.39, 0.29) is 24.5 Å². The van der Waals surface area contributed by atoms with E-state index in [1.54, 1.807) is 36.4 Å². The maximum absolute atomic E-state index is 14.7. The van der Waals surface area contributed by atoms with Crippen molar-refractivity contribution in [3.8, 4) is 11.5 Å². The number of hydrogen-bond acceptors (Lipinski definition) is 3. The number of hydrogen-bond donors (Lipinski definition) is 0. The van der Waals surface area contributed by atoms with Crippen LogP contribution in [0.25, 0.3) is 0 Å². The van der Waals surface area contributed by atoms with Crippen LogP contribution in [-0.2, 0) is 13.2 Å². The molecule has 0 heterocycles. The van der Waals surface area contributed by atoms with Crippen molar-refractivity contribution in [2.75, 3.05) is 0 Å². The Morgan fingerprint density at radius 2 is 1.27 bits per heavy atom. The zero-order valence-corrected chi connectivity index (χ0v) is 13.8. The molecule has 5 heteroatoms. The molecule has 0 bridgehead atoms. The van der Waals surface area contributed by atoms with E-state index < -0.39 is 17.4 Å². The molecule has 0 aliphatic heterocycles. The summed E-state index contributed by atoms with van der Waals surface area (Å²) < 4.78 is 39.6. The molecule has 3 nitrogen and oxygen atoms in total. The van der Waals surface area contributed by atoms with Gasteiger partial charge in [0.2, 0.25) is 5.82 Å². The molecule has 0 saturated carbocycles. The Hall–Kier alpha value is -3.21. The largest absolute Gasteiger partial charge is 0.485 e. The monoisotopic (exact) mass is 354 g/mol. The van der Waals surface area contributed by atoms with Gasteiger partial charge in [-0.15, -0.1) is 0 Å². The topological polar surface area (TPSA) is 35.5 Å². The highest BCUT2D eigenvalue weighted by Gasteiger charge is 2.21. The molecule has 0 atom stereocenters. The molecule has 0 saturated heterocycles. The number of ether oxygens (including phenoxy) is 2. The van der Waals surface area contributed by atoms with Crippen LogP contribution in [-0.4, -0.2) is 6.29 Å². The Morgan fingerprint density at radius 3 is 1.77 bits per heavy atom. The second kappa shape index (κ2) is 8.25. The molecule has 3 aromatic carbocycles. The highest BCUT2D eigenvalue weighted by Crippen LogP contribution is 2.33. The molecule has 0 aliphatic rings. The van der Waals surface area contributed by atoms with E-state index in [1.807, 2.05) is 24.3 Å². The first kappa shape index (κ1) is 17.6. The Kier molecular flexibility index (Phi) is 5.59. The zero-order valence-electron chi connectivity index (χ0n) is 13.8. The Bertz CT molecular complexity index is 881. The minimum atomic E-state index is -1.03. The van der Waals surface area contributed by atoms with Gasteiger partial charge in [0.1, 0.15) is 13.2 Å². The molecule has 0 amide bonds. The third-order valence-electron chi connectivity index (χ3n) is 3.74. The minimum absolute atomic E-state index is 0.00671. The van der Waals surface area contributed by atoms with Crippen LogP contribution >= 0.6 is 0 Å². The van der Waals surface area contributed by atoms with Crippen molar-refractivity contribution in [3.05, 3.63) is 95.1 Å².